The molecule has 2 saturated carbocycles. The molecule has 0 saturated heterocycles. The molecular formula is C16H31NS. The van der Waals surface area contributed by atoms with Crippen LogP contribution < -0.4 is 5.32 Å². The van der Waals surface area contributed by atoms with Crippen LogP contribution in [0.1, 0.15) is 70.6 Å². The Morgan fingerprint density at radius 1 is 1.00 bits per heavy atom. The summed E-state index contributed by atoms with van der Waals surface area (Å²) in [5.41, 5.74) is 0.802. The van der Waals surface area contributed by atoms with Gasteiger partial charge in [-0.15, -0.1) is 0 Å². The lowest BCUT2D eigenvalue weighted by molar-refractivity contribution is 0.168. The molecular weight excluding hydrogens is 238 g/mol. The van der Waals surface area contributed by atoms with E-state index in [1.807, 2.05) is 11.8 Å². The second-order valence-electron chi connectivity index (χ2n) is 6.49. The number of thioether (sulfide) groups is 1. The summed E-state index contributed by atoms with van der Waals surface area (Å²) in [5.74, 6) is 1.34. The monoisotopic (exact) mass is 269 g/mol. The summed E-state index contributed by atoms with van der Waals surface area (Å²) in [7, 11) is 0. The molecule has 18 heavy (non-hydrogen) atoms. The molecule has 0 aromatic rings. The Morgan fingerprint density at radius 3 is 2.39 bits per heavy atom. The van der Waals surface area contributed by atoms with Crippen LogP contribution in [0.3, 0.4) is 0 Å². The van der Waals surface area contributed by atoms with Crippen molar-refractivity contribution in [3.05, 3.63) is 0 Å². The van der Waals surface area contributed by atoms with Gasteiger partial charge < -0.3 is 5.32 Å². The van der Waals surface area contributed by atoms with Crippen LogP contribution in [0, 0.1) is 5.41 Å². The molecule has 0 heterocycles. The smallest absolute Gasteiger partial charge is 0.00674 e. The zero-order chi connectivity index (χ0) is 12.7. The third-order valence-electron chi connectivity index (χ3n) is 5.17. The highest BCUT2D eigenvalue weighted by Crippen LogP contribution is 2.48. The zero-order valence-corrected chi connectivity index (χ0v) is 13.0. The summed E-state index contributed by atoms with van der Waals surface area (Å²) in [6.07, 6.45) is 18.4. The topological polar surface area (TPSA) is 12.0 Å². The van der Waals surface area contributed by atoms with Gasteiger partial charge in [0, 0.05) is 6.04 Å². The standard InChI is InChI=1S/C16H31NS/c1-18-14-6-2-5-13-17-15-7-11-16(12-8-15)9-3-4-10-16/h15,17H,2-14H2,1H3. The van der Waals surface area contributed by atoms with E-state index in [2.05, 4.69) is 11.6 Å². The van der Waals surface area contributed by atoms with Crippen molar-refractivity contribution in [3.8, 4) is 0 Å². The molecule has 0 aromatic carbocycles. The Kier molecular flexibility index (Phi) is 6.37. The fourth-order valence-corrected chi connectivity index (χ4v) is 4.41. The van der Waals surface area contributed by atoms with E-state index in [9.17, 15) is 0 Å². The number of nitrogens with one attached hydrogen (secondary N) is 1. The Morgan fingerprint density at radius 2 is 1.72 bits per heavy atom. The van der Waals surface area contributed by atoms with Gasteiger partial charge in [-0.25, -0.2) is 0 Å². The molecule has 0 unspecified atom stereocenters. The normalized spacial score (nSPS) is 23.8. The number of unbranched alkanes of at least 4 members (excludes halogenated alkanes) is 2. The molecule has 2 rings (SSSR count). The zero-order valence-electron chi connectivity index (χ0n) is 12.2. The summed E-state index contributed by atoms with van der Waals surface area (Å²) in [6, 6.07) is 0.844. The first-order chi connectivity index (χ1) is 8.85. The summed E-state index contributed by atoms with van der Waals surface area (Å²) in [4.78, 5) is 0. The summed E-state index contributed by atoms with van der Waals surface area (Å²) >= 11 is 1.98. The van der Waals surface area contributed by atoms with E-state index in [0.29, 0.717) is 0 Å². The molecule has 0 aliphatic heterocycles. The van der Waals surface area contributed by atoms with Gasteiger partial charge in [0.25, 0.3) is 0 Å². The van der Waals surface area contributed by atoms with E-state index in [4.69, 9.17) is 0 Å². The molecule has 2 fully saturated rings. The van der Waals surface area contributed by atoms with Crippen LogP contribution in [0.2, 0.25) is 0 Å². The van der Waals surface area contributed by atoms with Crippen molar-refractivity contribution in [3.63, 3.8) is 0 Å². The van der Waals surface area contributed by atoms with Crippen LogP contribution in [-0.4, -0.2) is 24.6 Å². The molecule has 1 N–H and O–H groups in total. The summed E-state index contributed by atoms with van der Waals surface area (Å²) < 4.78 is 0. The van der Waals surface area contributed by atoms with Gasteiger partial charge in [0.2, 0.25) is 0 Å². The fraction of sp³-hybridized carbons (Fsp3) is 1.00. The Labute approximate surface area is 118 Å². The van der Waals surface area contributed by atoms with E-state index in [-0.39, 0.29) is 0 Å². The Bertz CT molecular complexity index is 213. The van der Waals surface area contributed by atoms with Crippen LogP contribution in [0.5, 0.6) is 0 Å². The molecule has 0 radical (unpaired) electrons. The summed E-state index contributed by atoms with van der Waals surface area (Å²) in [6.45, 7) is 1.26. The number of hydrogen-bond donors (Lipinski definition) is 1. The largest absolute Gasteiger partial charge is 0.314 e. The van der Waals surface area contributed by atoms with Crippen LogP contribution in [0.25, 0.3) is 0 Å². The van der Waals surface area contributed by atoms with Crippen LogP contribution in [0.15, 0.2) is 0 Å². The lowest BCUT2D eigenvalue weighted by Gasteiger charge is -2.37. The molecule has 0 bridgehead atoms. The average Bonchev–Trinajstić information content (AvgIpc) is 2.85. The highest BCUT2D eigenvalue weighted by atomic mass is 32.2. The molecule has 2 aliphatic rings. The maximum Gasteiger partial charge on any atom is 0.00674 e. The third kappa shape index (κ3) is 4.45. The molecule has 1 spiro atoms. The first-order valence-corrected chi connectivity index (χ1v) is 9.46. The van der Waals surface area contributed by atoms with Gasteiger partial charge in [-0.05, 0) is 75.3 Å². The highest BCUT2D eigenvalue weighted by molar-refractivity contribution is 7.98. The second-order valence-corrected chi connectivity index (χ2v) is 7.47. The van der Waals surface area contributed by atoms with Crippen molar-refractivity contribution >= 4 is 11.8 Å². The van der Waals surface area contributed by atoms with E-state index in [0.717, 1.165) is 11.5 Å². The van der Waals surface area contributed by atoms with E-state index in [1.165, 1.54) is 82.9 Å². The van der Waals surface area contributed by atoms with Gasteiger partial charge in [-0.3, -0.25) is 0 Å². The first-order valence-electron chi connectivity index (χ1n) is 8.07. The highest BCUT2D eigenvalue weighted by Gasteiger charge is 2.37. The van der Waals surface area contributed by atoms with Gasteiger partial charge in [-0.2, -0.15) is 11.8 Å². The average molecular weight is 269 g/mol. The lowest BCUT2D eigenvalue weighted by atomic mass is 9.71. The van der Waals surface area contributed by atoms with Crippen molar-refractivity contribution in [2.45, 2.75) is 76.7 Å². The van der Waals surface area contributed by atoms with Crippen LogP contribution in [0.4, 0.5) is 0 Å². The van der Waals surface area contributed by atoms with Crippen LogP contribution in [-0.2, 0) is 0 Å². The Balaban J connectivity index is 1.51. The summed E-state index contributed by atoms with van der Waals surface area (Å²) in [5, 5.41) is 3.80. The SMILES string of the molecule is CSCCCCCNC1CCC2(CCCC2)CC1. The second kappa shape index (κ2) is 7.79. The van der Waals surface area contributed by atoms with Gasteiger partial charge in [0.05, 0.1) is 0 Å². The molecule has 0 aromatic heterocycles. The predicted molar refractivity (Wildman–Crippen MR) is 83.4 cm³/mol. The van der Waals surface area contributed by atoms with Gasteiger partial charge in [0.1, 0.15) is 0 Å². The van der Waals surface area contributed by atoms with Crippen molar-refractivity contribution in [2.24, 2.45) is 5.41 Å². The van der Waals surface area contributed by atoms with Crippen LogP contribution >= 0.6 is 11.8 Å². The molecule has 0 atom stereocenters. The first kappa shape index (κ1) is 14.7. The minimum atomic E-state index is 0.802. The van der Waals surface area contributed by atoms with Gasteiger partial charge >= 0.3 is 0 Å². The fourth-order valence-electron chi connectivity index (χ4n) is 3.91. The van der Waals surface area contributed by atoms with E-state index >= 15 is 0 Å². The van der Waals surface area contributed by atoms with Crippen molar-refractivity contribution < 1.29 is 0 Å². The predicted octanol–water partition coefficient (Wildman–Crippen LogP) is 4.61. The Hall–Kier alpha value is 0.310. The van der Waals surface area contributed by atoms with E-state index in [1.54, 1.807) is 0 Å². The number of rotatable bonds is 7. The van der Waals surface area contributed by atoms with Gasteiger partial charge in [-0.1, -0.05) is 19.3 Å². The molecule has 2 aliphatic carbocycles. The molecule has 106 valence electrons. The number of hydrogen-bond acceptors (Lipinski definition) is 2. The maximum atomic E-state index is 3.80. The molecule has 2 heteroatoms. The quantitative estimate of drug-likeness (QED) is 0.677. The maximum absolute atomic E-state index is 3.80. The third-order valence-corrected chi connectivity index (χ3v) is 5.87. The minimum Gasteiger partial charge on any atom is -0.314 e. The van der Waals surface area contributed by atoms with Crippen molar-refractivity contribution in [1.29, 1.82) is 0 Å². The van der Waals surface area contributed by atoms with E-state index < -0.39 is 0 Å². The van der Waals surface area contributed by atoms with Crippen molar-refractivity contribution in [2.75, 3.05) is 18.6 Å². The lowest BCUT2D eigenvalue weighted by Crippen LogP contribution is -2.37. The molecule has 1 nitrogen and oxygen atoms in total. The van der Waals surface area contributed by atoms with Crippen molar-refractivity contribution in [1.82, 2.24) is 5.32 Å². The molecule has 0 amide bonds. The van der Waals surface area contributed by atoms with Gasteiger partial charge in [0.15, 0.2) is 0 Å². The minimum absolute atomic E-state index is 0.802.